The van der Waals surface area contributed by atoms with Crippen LogP contribution in [0.4, 0.5) is 0 Å². The van der Waals surface area contributed by atoms with Crippen LogP contribution in [0, 0.1) is 0 Å². The van der Waals surface area contributed by atoms with E-state index < -0.39 is 0 Å². The SMILES string of the molecule is CNC(c1nccn1C)C1(N2CCCCC2)CCCC1. The van der Waals surface area contributed by atoms with E-state index in [9.17, 15) is 0 Å². The molecule has 4 nitrogen and oxygen atoms in total. The van der Waals surface area contributed by atoms with E-state index in [0.717, 1.165) is 0 Å². The van der Waals surface area contributed by atoms with Crippen LogP contribution in [0.1, 0.15) is 56.8 Å². The minimum atomic E-state index is 0.286. The quantitative estimate of drug-likeness (QED) is 0.917. The maximum absolute atomic E-state index is 4.65. The van der Waals surface area contributed by atoms with Gasteiger partial charge in [0.05, 0.1) is 6.04 Å². The van der Waals surface area contributed by atoms with E-state index in [1.165, 1.54) is 63.9 Å². The zero-order valence-electron chi connectivity index (χ0n) is 12.9. The number of nitrogens with zero attached hydrogens (tertiary/aromatic N) is 3. The largest absolute Gasteiger partial charge is 0.337 e. The van der Waals surface area contributed by atoms with Gasteiger partial charge in [0, 0.05) is 25.0 Å². The third kappa shape index (κ3) is 2.29. The highest BCUT2D eigenvalue weighted by Crippen LogP contribution is 2.45. The molecule has 0 bridgehead atoms. The van der Waals surface area contributed by atoms with Crippen LogP contribution in [0.5, 0.6) is 0 Å². The second-order valence-corrected chi connectivity index (χ2v) is 6.48. The first-order chi connectivity index (χ1) is 9.78. The van der Waals surface area contributed by atoms with E-state index in [0.29, 0.717) is 6.04 Å². The summed E-state index contributed by atoms with van der Waals surface area (Å²) in [4.78, 5) is 7.42. The number of rotatable bonds is 4. The molecule has 1 aromatic heterocycles. The van der Waals surface area contributed by atoms with Gasteiger partial charge in [-0.25, -0.2) is 4.98 Å². The van der Waals surface area contributed by atoms with Crippen molar-refractivity contribution >= 4 is 0 Å². The minimum Gasteiger partial charge on any atom is -0.337 e. The van der Waals surface area contributed by atoms with Gasteiger partial charge in [-0.05, 0) is 45.8 Å². The van der Waals surface area contributed by atoms with E-state index in [1.54, 1.807) is 0 Å². The summed E-state index contributed by atoms with van der Waals surface area (Å²) in [6.45, 7) is 2.53. The second kappa shape index (κ2) is 5.86. The normalized spacial score (nSPS) is 24.9. The standard InChI is InChI=1S/C16H28N4/c1-17-14(15-18-10-13-19(15)2)16(8-4-5-9-16)20-11-6-3-7-12-20/h10,13-14,17H,3-9,11-12H2,1-2H3. The van der Waals surface area contributed by atoms with Gasteiger partial charge < -0.3 is 9.88 Å². The van der Waals surface area contributed by atoms with Crippen molar-refractivity contribution in [3.63, 3.8) is 0 Å². The lowest BCUT2D eigenvalue weighted by molar-refractivity contribution is 0.0350. The summed E-state index contributed by atoms with van der Waals surface area (Å²) in [6, 6.07) is 0.350. The van der Waals surface area contributed by atoms with Crippen molar-refractivity contribution in [1.82, 2.24) is 19.8 Å². The Morgan fingerprint density at radius 3 is 2.40 bits per heavy atom. The first-order valence-electron chi connectivity index (χ1n) is 8.17. The molecular formula is C16H28N4. The van der Waals surface area contributed by atoms with Gasteiger partial charge in [-0.1, -0.05) is 19.3 Å². The van der Waals surface area contributed by atoms with E-state index >= 15 is 0 Å². The third-order valence-corrected chi connectivity index (χ3v) is 5.40. The zero-order chi connectivity index (χ0) is 14.0. The van der Waals surface area contributed by atoms with Crippen LogP contribution < -0.4 is 5.32 Å². The van der Waals surface area contributed by atoms with Gasteiger partial charge in [0.25, 0.3) is 0 Å². The molecule has 0 aromatic carbocycles. The summed E-state index contributed by atoms with van der Waals surface area (Å²) < 4.78 is 2.19. The average Bonchev–Trinajstić information content (AvgIpc) is 3.12. The Hall–Kier alpha value is -0.870. The Labute approximate surface area is 122 Å². The molecule has 0 amide bonds. The first-order valence-corrected chi connectivity index (χ1v) is 8.17. The van der Waals surface area contributed by atoms with Crippen LogP contribution >= 0.6 is 0 Å². The highest BCUT2D eigenvalue weighted by Gasteiger charge is 2.47. The number of imidazole rings is 1. The van der Waals surface area contributed by atoms with Crippen LogP contribution in [0.25, 0.3) is 0 Å². The molecule has 1 aliphatic carbocycles. The number of hydrogen-bond acceptors (Lipinski definition) is 3. The van der Waals surface area contributed by atoms with Gasteiger partial charge in [-0.15, -0.1) is 0 Å². The second-order valence-electron chi connectivity index (χ2n) is 6.48. The molecule has 112 valence electrons. The Kier molecular flexibility index (Phi) is 4.13. The van der Waals surface area contributed by atoms with Crippen molar-refractivity contribution in [3.8, 4) is 0 Å². The highest BCUT2D eigenvalue weighted by molar-refractivity contribution is 5.13. The summed E-state index contributed by atoms with van der Waals surface area (Å²) in [5, 5.41) is 3.60. The molecule has 1 saturated carbocycles. The van der Waals surface area contributed by atoms with Crippen molar-refractivity contribution in [2.45, 2.75) is 56.5 Å². The molecule has 4 heteroatoms. The fourth-order valence-electron chi connectivity index (χ4n) is 4.41. The molecular weight excluding hydrogens is 248 g/mol. The molecule has 1 unspecified atom stereocenters. The van der Waals surface area contributed by atoms with E-state index in [2.05, 4.69) is 40.1 Å². The monoisotopic (exact) mass is 276 g/mol. The predicted octanol–water partition coefficient (Wildman–Crippen LogP) is 2.48. The molecule has 0 radical (unpaired) electrons. The predicted molar refractivity (Wildman–Crippen MR) is 81.6 cm³/mol. The lowest BCUT2D eigenvalue weighted by Crippen LogP contribution is -2.56. The Morgan fingerprint density at radius 1 is 1.15 bits per heavy atom. The number of likely N-dealkylation sites (tertiary alicyclic amines) is 1. The molecule has 2 heterocycles. The molecule has 2 aliphatic rings. The van der Waals surface area contributed by atoms with Crippen molar-refractivity contribution in [1.29, 1.82) is 0 Å². The number of aryl methyl sites for hydroxylation is 1. The average molecular weight is 276 g/mol. The van der Waals surface area contributed by atoms with E-state index in [4.69, 9.17) is 0 Å². The molecule has 20 heavy (non-hydrogen) atoms. The van der Waals surface area contributed by atoms with Crippen molar-refractivity contribution in [2.24, 2.45) is 7.05 Å². The Morgan fingerprint density at radius 2 is 1.85 bits per heavy atom. The van der Waals surface area contributed by atoms with E-state index in [1.807, 2.05) is 6.20 Å². The van der Waals surface area contributed by atoms with Gasteiger partial charge in [0.1, 0.15) is 5.82 Å². The minimum absolute atomic E-state index is 0.286. The number of piperidine rings is 1. The van der Waals surface area contributed by atoms with Crippen molar-refractivity contribution in [2.75, 3.05) is 20.1 Å². The van der Waals surface area contributed by atoms with E-state index in [-0.39, 0.29) is 5.54 Å². The van der Waals surface area contributed by atoms with Crippen molar-refractivity contribution < 1.29 is 0 Å². The number of hydrogen-bond donors (Lipinski definition) is 1. The van der Waals surface area contributed by atoms with Crippen LogP contribution in [-0.4, -0.2) is 40.1 Å². The maximum atomic E-state index is 4.65. The molecule has 1 aromatic rings. The highest BCUT2D eigenvalue weighted by atomic mass is 15.3. The molecule has 1 atom stereocenters. The van der Waals surface area contributed by atoms with Crippen LogP contribution in [0.15, 0.2) is 12.4 Å². The summed E-state index contributed by atoms with van der Waals surface area (Å²) in [7, 11) is 4.22. The topological polar surface area (TPSA) is 33.1 Å². The Bertz CT molecular complexity index is 427. The molecule has 3 rings (SSSR count). The Balaban J connectivity index is 1.93. The molecule has 1 aliphatic heterocycles. The smallest absolute Gasteiger partial charge is 0.127 e. The first kappa shape index (κ1) is 14.1. The van der Waals surface area contributed by atoms with Crippen LogP contribution in [-0.2, 0) is 7.05 Å². The number of nitrogens with one attached hydrogen (secondary N) is 1. The lowest BCUT2D eigenvalue weighted by atomic mass is 9.84. The molecule has 1 saturated heterocycles. The summed E-state index contributed by atoms with van der Waals surface area (Å²) in [5.74, 6) is 1.19. The number of likely N-dealkylation sites (N-methyl/N-ethyl adjacent to an activating group) is 1. The molecule has 0 spiro atoms. The summed E-state index contributed by atoms with van der Waals surface area (Å²) >= 11 is 0. The van der Waals surface area contributed by atoms with Gasteiger partial charge in [0.15, 0.2) is 0 Å². The third-order valence-electron chi connectivity index (χ3n) is 5.40. The van der Waals surface area contributed by atoms with Gasteiger partial charge in [-0.3, -0.25) is 4.90 Å². The van der Waals surface area contributed by atoms with Crippen molar-refractivity contribution in [3.05, 3.63) is 18.2 Å². The molecule has 2 fully saturated rings. The van der Waals surface area contributed by atoms with Crippen LogP contribution in [0.3, 0.4) is 0 Å². The number of aromatic nitrogens is 2. The zero-order valence-corrected chi connectivity index (χ0v) is 12.9. The van der Waals surface area contributed by atoms with Crippen LogP contribution in [0.2, 0.25) is 0 Å². The summed E-state index contributed by atoms with van der Waals surface area (Å²) in [6.07, 6.45) is 13.5. The summed E-state index contributed by atoms with van der Waals surface area (Å²) in [5.41, 5.74) is 0.286. The fraction of sp³-hybridized carbons (Fsp3) is 0.812. The lowest BCUT2D eigenvalue weighted by Gasteiger charge is -2.48. The van der Waals surface area contributed by atoms with Gasteiger partial charge in [-0.2, -0.15) is 0 Å². The van der Waals surface area contributed by atoms with Gasteiger partial charge >= 0.3 is 0 Å². The maximum Gasteiger partial charge on any atom is 0.127 e. The molecule has 1 N–H and O–H groups in total. The fourth-order valence-corrected chi connectivity index (χ4v) is 4.41. The van der Waals surface area contributed by atoms with Gasteiger partial charge in [0.2, 0.25) is 0 Å².